The summed E-state index contributed by atoms with van der Waals surface area (Å²) in [5.41, 5.74) is 2.79. The third-order valence-corrected chi connectivity index (χ3v) is 18.0. The van der Waals surface area contributed by atoms with Crippen molar-refractivity contribution >= 4 is 110 Å². The van der Waals surface area contributed by atoms with Gasteiger partial charge in [0.1, 0.15) is 13.8 Å². The Kier molecular flexibility index (Phi) is 5.97. The number of aliphatic imine (C=N–C) groups is 1. The number of halogens is 3. The minimum absolute atomic E-state index is 0.0349. The number of rotatable bonds is 3. The van der Waals surface area contributed by atoms with Crippen LogP contribution in [0.25, 0.3) is 10.4 Å². The zero-order valence-corrected chi connectivity index (χ0v) is 23.4. The molecule has 1 aromatic heterocycles. The molecule has 3 nitrogen and oxygen atoms in total. The molecular formula is C20H16I3NO2SSi. The number of ketones is 1. The molecule has 2 heterocycles. The van der Waals surface area contributed by atoms with Crippen LogP contribution >= 0.6 is 79.1 Å². The molecular weight excluding hydrogens is 727 g/mol. The molecule has 0 radical (unpaired) electrons. The van der Waals surface area contributed by atoms with Crippen molar-refractivity contribution in [3.63, 3.8) is 0 Å². The van der Waals surface area contributed by atoms with Gasteiger partial charge in [-0.05, 0) is 109 Å². The second-order valence-electron chi connectivity index (χ2n) is 6.77. The third-order valence-electron chi connectivity index (χ3n) is 5.55. The summed E-state index contributed by atoms with van der Waals surface area (Å²) in [6, 6.07) is 5.64. The Morgan fingerprint density at radius 1 is 1.11 bits per heavy atom. The van der Waals surface area contributed by atoms with Gasteiger partial charge in [-0.25, -0.2) is 4.99 Å². The molecule has 0 fully saturated rings. The Balaban J connectivity index is 2.14. The van der Waals surface area contributed by atoms with Crippen molar-refractivity contribution in [1.29, 1.82) is 0 Å². The molecule has 0 spiro atoms. The highest BCUT2D eigenvalue weighted by atomic mass is 127. The molecule has 0 unspecified atom stereocenters. The summed E-state index contributed by atoms with van der Waals surface area (Å²) in [6.45, 7) is 4.43. The Hall–Kier alpha value is -0.0531. The molecule has 144 valence electrons. The molecule has 2 aliphatic rings. The Morgan fingerprint density at radius 2 is 1.82 bits per heavy atom. The van der Waals surface area contributed by atoms with Crippen LogP contribution in [0.15, 0.2) is 40.5 Å². The smallest absolute Gasteiger partial charge is 0.178 e. The average molecular weight is 743 g/mol. The van der Waals surface area contributed by atoms with Gasteiger partial charge in [0.25, 0.3) is 0 Å². The van der Waals surface area contributed by atoms with Crippen LogP contribution in [0.5, 0.6) is 5.75 Å². The van der Waals surface area contributed by atoms with Gasteiger partial charge < -0.3 is 5.11 Å². The van der Waals surface area contributed by atoms with Crippen molar-refractivity contribution < 1.29 is 9.90 Å². The molecule has 4 rings (SSSR count). The molecule has 0 amide bonds. The number of fused-ring (bicyclic) bond motifs is 2. The zero-order valence-electron chi connectivity index (χ0n) is 15.1. The summed E-state index contributed by atoms with van der Waals surface area (Å²) in [5, 5.41) is 13.3. The van der Waals surface area contributed by atoms with E-state index in [1.54, 1.807) is 29.6 Å². The third kappa shape index (κ3) is 3.12. The number of thiophene rings is 1. The van der Waals surface area contributed by atoms with E-state index in [0.717, 1.165) is 39.1 Å². The number of phenolic OH excluding ortho intramolecular Hbond substituents is 1. The van der Waals surface area contributed by atoms with Gasteiger partial charge in [0, 0.05) is 9.13 Å². The van der Waals surface area contributed by atoms with Gasteiger partial charge >= 0.3 is 0 Å². The van der Waals surface area contributed by atoms with Gasteiger partial charge in [-0.2, -0.15) is 0 Å². The molecule has 0 bridgehead atoms. The number of phenols is 1. The van der Waals surface area contributed by atoms with Crippen molar-refractivity contribution in [1.82, 2.24) is 0 Å². The monoisotopic (exact) mass is 743 g/mol. The summed E-state index contributed by atoms with van der Waals surface area (Å²) in [4.78, 5) is 18.2. The van der Waals surface area contributed by atoms with E-state index in [0.29, 0.717) is 5.75 Å². The lowest BCUT2D eigenvalue weighted by atomic mass is 10.1. The van der Waals surface area contributed by atoms with Gasteiger partial charge in [-0.1, -0.05) is 25.9 Å². The standard InChI is InChI=1S/C20H16I3NO2SSi/c1-3-28(4-2)14-9-10(25)5-6-11(14)24-12-7-8-13(26)15(19(12)28)18-16(21)17(22)20(23)27-18/h5-9,26H,3-4H2,1-2H3. The van der Waals surface area contributed by atoms with Gasteiger partial charge in [0.2, 0.25) is 0 Å². The fourth-order valence-corrected chi connectivity index (χ4v) is 13.1. The van der Waals surface area contributed by atoms with Crippen LogP contribution < -0.4 is 5.19 Å². The van der Waals surface area contributed by atoms with E-state index in [1.807, 2.05) is 12.1 Å². The molecule has 2 aromatic rings. The lowest BCUT2D eigenvalue weighted by molar-refractivity contribution is -0.110. The van der Waals surface area contributed by atoms with Crippen LogP contribution in [0.3, 0.4) is 0 Å². The number of nitrogens with zero attached hydrogens (tertiary/aromatic N) is 1. The van der Waals surface area contributed by atoms with Crippen molar-refractivity contribution in [3.8, 4) is 16.2 Å². The first-order valence-corrected chi connectivity index (χ1v) is 15.3. The number of hydrogen-bond acceptors (Lipinski definition) is 4. The predicted octanol–water partition coefficient (Wildman–Crippen LogP) is 6.32. The molecule has 1 aromatic carbocycles. The van der Waals surface area contributed by atoms with E-state index < -0.39 is 8.07 Å². The summed E-state index contributed by atoms with van der Waals surface area (Å²) >= 11 is 8.85. The Morgan fingerprint density at radius 3 is 2.43 bits per heavy atom. The first-order valence-electron chi connectivity index (χ1n) is 8.87. The van der Waals surface area contributed by atoms with Gasteiger partial charge in [-0.15, -0.1) is 11.3 Å². The minimum atomic E-state index is -2.25. The van der Waals surface area contributed by atoms with E-state index in [4.69, 9.17) is 4.99 Å². The van der Waals surface area contributed by atoms with Crippen LogP contribution in [-0.2, 0) is 4.79 Å². The van der Waals surface area contributed by atoms with Crippen molar-refractivity contribution in [3.05, 3.63) is 45.6 Å². The van der Waals surface area contributed by atoms with Gasteiger partial charge in [0.15, 0.2) is 5.78 Å². The lowest BCUT2D eigenvalue weighted by Crippen LogP contribution is -2.54. The second-order valence-corrected chi connectivity index (χ2v) is 16.4. The van der Waals surface area contributed by atoms with E-state index >= 15 is 0 Å². The number of benzene rings is 1. The number of carbonyl (C=O) groups excluding carboxylic acids is 1. The Bertz CT molecular complexity index is 1110. The highest BCUT2D eigenvalue weighted by Gasteiger charge is 2.45. The normalized spacial score (nSPS) is 17.1. The highest BCUT2D eigenvalue weighted by Crippen LogP contribution is 2.46. The summed E-state index contributed by atoms with van der Waals surface area (Å²) in [5.74, 6) is 0.342. The van der Waals surface area contributed by atoms with E-state index in [1.165, 1.54) is 15.2 Å². The summed E-state index contributed by atoms with van der Waals surface area (Å²) < 4.78 is 3.63. The largest absolute Gasteiger partial charge is 0.507 e. The molecule has 0 saturated carbocycles. The maximum absolute atomic E-state index is 12.2. The number of hydrogen-bond donors (Lipinski definition) is 1. The van der Waals surface area contributed by atoms with Crippen LogP contribution in [-0.4, -0.2) is 24.7 Å². The summed E-state index contributed by atoms with van der Waals surface area (Å²) in [6.07, 6.45) is 5.26. The maximum Gasteiger partial charge on any atom is 0.178 e. The fraction of sp³-hybridized carbons (Fsp3) is 0.200. The highest BCUT2D eigenvalue weighted by molar-refractivity contribution is 14.1. The first-order chi connectivity index (χ1) is 13.3. The molecule has 1 aliphatic heterocycles. The topological polar surface area (TPSA) is 49.7 Å². The second kappa shape index (κ2) is 7.89. The minimum Gasteiger partial charge on any atom is -0.507 e. The molecule has 28 heavy (non-hydrogen) atoms. The quantitative estimate of drug-likeness (QED) is 0.228. The van der Waals surface area contributed by atoms with E-state index in [-0.39, 0.29) is 5.78 Å². The molecule has 8 heteroatoms. The van der Waals surface area contributed by atoms with Crippen molar-refractivity contribution in [2.24, 2.45) is 4.99 Å². The van der Waals surface area contributed by atoms with Crippen LogP contribution in [0, 0.1) is 10.0 Å². The average Bonchev–Trinajstić information content (AvgIpc) is 2.94. The van der Waals surface area contributed by atoms with Crippen molar-refractivity contribution in [2.75, 3.05) is 0 Å². The van der Waals surface area contributed by atoms with Crippen LogP contribution in [0.2, 0.25) is 12.1 Å². The molecule has 1 aliphatic carbocycles. The Labute approximate surface area is 209 Å². The van der Waals surface area contributed by atoms with E-state index in [2.05, 4.69) is 81.6 Å². The number of carbonyl (C=O) groups is 1. The van der Waals surface area contributed by atoms with Gasteiger partial charge in [-0.3, -0.25) is 4.79 Å². The van der Waals surface area contributed by atoms with Crippen LogP contribution in [0.1, 0.15) is 13.8 Å². The SMILES string of the molecule is CC[Si]1(CC)C2=CC(=O)C=CC2=Nc2ccc(O)c(-c3sc(I)c(I)c3I)c21. The first kappa shape index (κ1) is 21.2. The number of aromatic hydroxyl groups is 1. The maximum atomic E-state index is 12.2. The molecule has 1 N–H and O–H groups in total. The zero-order chi connectivity index (χ0) is 20.2. The van der Waals surface area contributed by atoms with Crippen LogP contribution in [0.4, 0.5) is 5.69 Å². The predicted molar refractivity (Wildman–Crippen MR) is 145 cm³/mol. The van der Waals surface area contributed by atoms with Gasteiger partial charge in [0.05, 0.1) is 22.7 Å². The van der Waals surface area contributed by atoms with E-state index in [9.17, 15) is 9.90 Å². The molecule has 0 saturated heterocycles. The molecule has 0 atom stereocenters. The fourth-order valence-electron chi connectivity index (χ4n) is 4.16. The summed E-state index contributed by atoms with van der Waals surface area (Å²) in [7, 11) is -2.25. The van der Waals surface area contributed by atoms with Crippen molar-refractivity contribution in [2.45, 2.75) is 25.9 Å². The number of allylic oxidation sites excluding steroid dienone is 4. The lowest BCUT2D eigenvalue weighted by Gasteiger charge is -2.39.